The third-order valence-corrected chi connectivity index (χ3v) is 6.06. The number of amides is 1. The molecule has 0 saturated carbocycles. The maximum atomic E-state index is 13.2. The zero-order valence-electron chi connectivity index (χ0n) is 17.0. The van der Waals surface area contributed by atoms with Crippen LogP contribution in [0.2, 0.25) is 0 Å². The predicted molar refractivity (Wildman–Crippen MR) is 115 cm³/mol. The Bertz CT molecular complexity index is 981. The fourth-order valence-corrected chi connectivity index (χ4v) is 4.50. The van der Waals surface area contributed by atoms with Gasteiger partial charge in [0.2, 0.25) is 11.9 Å². The Balaban J connectivity index is 1.27. The van der Waals surface area contributed by atoms with E-state index in [1.807, 2.05) is 17.0 Å². The highest BCUT2D eigenvalue weighted by atomic mass is 16.2. The highest BCUT2D eigenvalue weighted by Gasteiger charge is 2.32. The summed E-state index contributed by atoms with van der Waals surface area (Å²) in [6.45, 7) is 5.16. The second-order valence-electron chi connectivity index (χ2n) is 7.83. The lowest BCUT2D eigenvalue weighted by Gasteiger charge is -2.39. The average Bonchev–Trinajstić information content (AvgIpc) is 3.29. The van der Waals surface area contributed by atoms with Crippen molar-refractivity contribution in [3.05, 3.63) is 78.4 Å². The van der Waals surface area contributed by atoms with E-state index in [4.69, 9.17) is 0 Å². The van der Waals surface area contributed by atoms with Crippen molar-refractivity contribution < 1.29 is 4.79 Å². The van der Waals surface area contributed by atoms with Crippen LogP contribution in [0.15, 0.2) is 67.1 Å². The number of fused-ring (bicyclic) bond motifs is 1. The molecule has 1 fully saturated rings. The van der Waals surface area contributed by atoms with Crippen LogP contribution < -0.4 is 4.90 Å². The Morgan fingerprint density at radius 2 is 1.63 bits per heavy atom. The summed E-state index contributed by atoms with van der Waals surface area (Å²) >= 11 is 0. The summed E-state index contributed by atoms with van der Waals surface area (Å²) in [6.07, 6.45) is 5.65. The topological polar surface area (TPSA) is 57.5 Å². The summed E-state index contributed by atoms with van der Waals surface area (Å²) in [6, 6.07) is 16.7. The standard InChI is InChI=1S/C23H26N6O/c30-21(27-13-15-28(16-14-27)23-24-9-5-10-25-23)18-29-17-12-26-11-4-8-20(26)22(29)19-6-2-1-3-7-19/h1-11,22H,12-18H2. The molecule has 1 unspecified atom stereocenters. The Labute approximate surface area is 176 Å². The fourth-order valence-electron chi connectivity index (χ4n) is 4.50. The van der Waals surface area contributed by atoms with E-state index in [-0.39, 0.29) is 11.9 Å². The number of rotatable bonds is 4. The SMILES string of the molecule is O=C(CN1CCn2cccc2C1c1ccccc1)N1CCN(c2ncccn2)CC1. The maximum Gasteiger partial charge on any atom is 0.236 e. The third-order valence-electron chi connectivity index (χ3n) is 6.06. The molecule has 1 amide bonds. The van der Waals surface area contributed by atoms with Crippen molar-refractivity contribution in [2.45, 2.75) is 12.6 Å². The van der Waals surface area contributed by atoms with Crippen molar-refractivity contribution in [1.29, 1.82) is 0 Å². The molecule has 7 nitrogen and oxygen atoms in total. The van der Waals surface area contributed by atoms with Crippen molar-refractivity contribution in [2.75, 3.05) is 44.2 Å². The summed E-state index contributed by atoms with van der Waals surface area (Å²) in [5, 5.41) is 0. The minimum atomic E-state index is 0.109. The van der Waals surface area contributed by atoms with Crippen LogP contribution in [0.5, 0.6) is 0 Å². The van der Waals surface area contributed by atoms with Gasteiger partial charge >= 0.3 is 0 Å². The normalized spacial score (nSPS) is 19.5. The van der Waals surface area contributed by atoms with Gasteiger partial charge in [0.15, 0.2) is 0 Å². The van der Waals surface area contributed by atoms with Crippen LogP contribution in [-0.4, -0.2) is 69.5 Å². The van der Waals surface area contributed by atoms with Gasteiger partial charge in [0, 0.05) is 63.6 Å². The minimum absolute atomic E-state index is 0.109. The van der Waals surface area contributed by atoms with Crippen molar-refractivity contribution in [2.24, 2.45) is 0 Å². The number of benzene rings is 1. The Morgan fingerprint density at radius 1 is 0.867 bits per heavy atom. The van der Waals surface area contributed by atoms with E-state index in [0.29, 0.717) is 19.6 Å². The van der Waals surface area contributed by atoms with E-state index in [2.05, 4.69) is 66.9 Å². The van der Waals surface area contributed by atoms with Gasteiger partial charge in [-0.1, -0.05) is 30.3 Å². The quantitative estimate of drug-likeness (QED) is 0.668. The molecule has 0 spiro atoms. The molecule has 4 heterocycles. The fraction of sp³-hybridized carbons (Fsp3) is 0.348. The van der Waals surface area contributed by atoms with Crippen LogP contribution in [0, 0.1) is 0 Å². The number of piperazine rings is 1. The van der Waals surface area contributed by atoms with Crippen LogP contribution in [0.1, 0.15) is 17.3 Å². The van der Waals surface area contributed by atoms with Crippen molar-refractivity contribution in [1.82, 2.24) is 24.3 Å². The van der Waals surface area contributed by atoms with Crippen molar-refractivity contribution in [3.8, 4) is 0 Å². The average molecular weight is 403 g/mol. The molecule has 2 aliphatic heterocycles. The smallest absolute Gasteiger partial charge is 0.236 e. The molecular formula is C23H26N6O. The lowest BCUT2D eigenvalue weighted by atomic mass is 10.00. The molecule has 154 valence electrons. The molecule has 0 bridgehead atoms. The molecule has 1 atom stereocenters. The molecule has 7 heteroatoms. The number of aromatic nitrogens is 3. The van der Waals surface area contributed by atoms with E-state index in [9.17, 15) is 4.79 Å². The summed E-state index contributed by atoms with van der Waals surface area (Å²) in [5.41, 5.74) is 2.49. The molecule has 0 aliphatic carbocycles. The second-order valence-corrected chi connectivity index (χ2v) is 7.83. The molecule has 1 saturated heterocycles. The van der Waals surface area contributed by atoms with Gasteiger partial charge in [-0.15, -0.1) is 0 Å². The van der Waals surface area contributed by atoms with E-state index < -0.39 is 0 Å². The van der Waals surface area contributed by atoms with Crippen LogP contribution in [-0.2, 0) is 11.3 Å². The van der Waals surface area contributed by atoms with Gasteiger partial charge in [-0.3, -0.25) is 9.69 Å². The van der Waals surface area contributed by atoms with Crippen molar-refractivity contribution in [3.63, 3.8) is 0 Å². The van der Waals surface area contributed by atoms with Gasteiger partial charge in [0.25, 0.3) is 0 Å². The molecule has 2 aromatic heterocycles. The Morgan fingerprint density at radius 3 is 2.40 bits per heavy atom. The monoisotopic (exact) mass is 402 g/mol. The molecule has 2 aliphatic rings. The van der Waals surface area contributed by atoms with Gasteiger partial charge in [-0.05, 0) is 23.8 Å². The first-order valence-corrected chi connectivity index (χ1v) is 10.5. The van der Waals surface area contributed by atoms with Gasteiger partial charge in [0.1, 0.15) is 0 Å². The van der Waals surface area contributed by atoms with Gasteiger partial charge < -0.3 is 14.4 Å². The lowest BCUT2D eigenvalue weighted by molar-refractivity contribution is -0.133. The largest absolute Gasteiger partial charge is 0.348 e. The molecule has 3 aromatic rings. The van der Waals surface area contributed by atoms with Gasteiger partial charge in [-0.2, -0.15) is 0 Å². The first-order valence-electron chi connectivity index (χ1n) is 10.5. The number of carbonyl (C=O) groups excluding carboxylic acids is 1. The van der Waals surface area contributed by atoms with Crippen LogP contribution >= 0.6 is 0 Å². The molecule has 0 radical (unpaired) electrons. The molecule has 0 N–H and O–H groups in total. The summed E-state index contributed by atoms with van der Waals surface area (Å²) in [5.74, 6) is 0.940. The van der Waals surface area contributed by atoms with Crippen LogP contribution in [0.25, 0.3) is 0 Å². The maximum absolute atomic E-state index is 13.2. The zero-order chi connectivity index (χ0) is 20.3. The third kappa shape index (κ3) is 3.68. The highest BCUT2D eigenvalue weighted by Crippen LogP contribution is 2.32. The molecule has 5 rings (SSSR count). The summed E-state index contributed by atoms with van der Waals surface area (Å²) in [7, 11) is 0. The van der Waals surface area contributed by atoms with Gasteiger partial charge in [-0.25, -0.2) is 9.97 Å². The van der Waals surface area contributed by atoms with Crippen LogP contribution in [0.3, 0.4) is 0 Å². The number of hydrogen-bond donors (Lipinski definition) is 0. The number of hydrogen-bond acceptors (Lipinski definition) is 5. The summed E-state index contributed by atoms with van der Waals surface area (Å²) in [4.78, 5) is 28.3. The van der Waals surface area contributed by atoms with Gasteiger partial charge in [0.05, 0.1) is 12.6 Å². The number of carbonyl (C=O) groups is 1. The first kappa shape index (κ1) is 18.8. The Kier molecular flexibility index (Phi) is 5.19. The highest BCUT2D eigenvalue weighted by molar-refractivity contribution is 5.78. The van der Waals surface area contributed by atoms with Crippen LogP contribution in [0.4, 0.5) is 5.95 Å². The molecular weight excluding hydrogens is 376 g/mol. The van der Waals surface area contributed by atoms with E-state index in [0.717, 1.165) is 32.1 Å². The number of anilines is 1. The lowest BCUT2D eigenvalue weighted by Crippen LogP contribution is -2.52. The first-order chi connectivity index (χ1) is 14.8. The van der Waals surface area contributed by atoms with Crippen molar-refractivity contribution >= 4 is 11.9 Å². The van der Waals surface area contributed by atoms with E-state index in [1.54, 1.807) is 12.4 Å². The van der Waals surface area contributed by atoms with E-state index in [1.165, 1.54) is 11.3 Å². The number of nitrogens with zero attached hydrogens (tertiary/aromatic N) is 6. The second kappa shape index (κ2) is 8.28. The molecule has 1 aromatic carbocycles. The predicted octanol–water partition coefficient (Wildman–Crippen LogP) is 2.03. The molecule has 30 heavy (non-hydrogen) atoms. The minimum Gasteiger partial charge on any atom is -0.348 e. The Hall–Kier alpha value is -3.19. The van der Waals surface area contributed by atoms with E-state index >= 15 is 0 Å². The zero-order valence-corrected chi connectivity index (χ0v) is 17.0. The summed E-state index contributed by atoms with van der Waals surface area (Å²) < 4.78 is 2.30.